The fourth-order valence-electron chi connectivity index (χ4n) is 2.56. The molecule has 1 saturated heterocycles. The second-order valence-electron chi connectivity index (χ2n) is 5.77. The van der Waals surface area contributed by atoms with Gasteiger partial charge in [0.2, 0.25) is 0 Å². The number of nitrogens with one attached hydrogen (secondary N) is 1. The van der Waals surface area contributed by atoms with E-state index in [1.54, 1.807) is 13.0 Å². The van der Waals surface area contributed by atoms with Gasteiger partial charge in [0, 0.05) is 11.6 Å². The van der Waals surface area contributed by atoms with Crippen LogP contribution in [0.3, 0.4) is 0 Å². The molecule has 0 spiro atoms. The maximum absolute atomic E-state index is 12.2. The summed E-state index contributed by atoms with van der Waals surface area (Å²) in [7, 11) is 0. The lowest BCUT2D eigenvalue weighted by Gasteiger charge is -2.12. The van der Waals surface area contributed by atoms with Gasteiger partial charge in [-0.05, 0) is 93.6 Å². The van der Waals surface area contributed by atoms with Crippen molar-refractivity contribution >= 4 is 74.8 Å². The molecule has 2 aromatic carbocycles. The second kappa shape index (κ2) is 8.78. The molecule has 3 amide bonds. The van der Waals surface area contributed by atoms with Gasteiger partial charge >= 0.3 is 6.03 Å². The lowest BCUT2D eigenvalue weighted by atomic mass is 10.2. The van der Waals surface area contributed by atoms with Crippen LogP contribution in [0.1, 0.15) is 18.1 Å². The van der Waals surface area contributed by atoms with Gasteiger partial charge in [-0.1, -0.05) is 23.7 Å². The third-order valence-corrected chi connectivity index (χ3v) is 5.76. The van der Waals surface area contributed by atoms with Crippen LogP contribution in [0.5, 0.6) is 5.75 Å². The first-order valence-corrected chi connectivity index (χ1v) is 10.6. The van der Waals surface area contributed by atoms with Crippen LogP contribution in [0.2, 0.25) is 5.02 Å². The number of urea groups is 1. The molecular weight excluding hydrogens is 593 g/mol. The first-order chi connectivity index (χ1) is 12.9. The molecule has 1 aliphatic rings. The topological polar surface area (TPSA) is 58.6 Å². The third-order valence-electron chi connectivity index (χ3n) is 3.91. The van der Waals surface area contributed by atoms with E-state index >= 15 is 0 Å². The maximum atomic E-state index is 12.2. The van der Waals surface area contributed by atoms with Crippen molar-refractivity contribution in [2.45, 2.75) is 13.5 Å². The zero-order chi connectivity index (χ0) is 19.6. The summed E-state index contributed by atoms with van der Waals surface area (Å²) in [6.45, 7) is 2.54. The molecule has 27 heavy (non-hydrogen) atoms. The van der Waals surface area contributed by atoms with E-state index in [9.17, 15) is 9.59 Å². The minimum absolute atomic E-state index is 0.281. The van der Waals surface area contributed by atoms with Crippen molar-refractivity contribution < 1.29 is 14.3 Å². The molecule has 140 valence electrons. The number of likely N-dealkylation sites (N-methyl/N-ethyl adjacent to an activating group) is 1. The average Bonchev–Trinajstić information content (AvgIpc) is 2.88. The zero-order valence-corrected chi connectivity index (χ0v) is 19.3. The van der Waals surface area contributed by atoms with Gasteiger partial charge in [-0.2, -0.15) is 0 Å². The van der Waals surface area contributed by atoms with Crippen LogP contribution < -0.4 is 10.1 Å². The lowest BCUT2D eigenvalue weighted by Crippen LogP contribution is -2.30. The molecule has 0 bridgehead atoms. The number of imide groups is 1. The molecule has 0 atom stereocenters. The van der Waals surface area contributed by atoms with E-state index in [1.807, 2.05) is 36.4 Å². The predicted molar refractivity (Wildman–Crippen MR) is 122 cm³/mol. The van der Waals surface area contributed by atoms with Gasteiger partial charge in [-0.3, -0.25) is 9.69 Å². The van der Waals surface area contributed by atoms with Crippen molar-refractivity contribution in [1.82, 2.24) is 10.2 Å². The van der Waals surface area contributed by atoms with Crippen molar-refractivity contribution in [3.8, 4) is 5.75 Å². The number of amides is 3. The second-order valence-corrected chi connectivity index (χ2v) is 8.53. The summed E-state index contributed by atoms with van der Waals surface area (Å²) >= 11 is 10.3. The Morgan fingerprint density at radius 1 is 1.15 bits per heavy atom. The van der Waals surface area contributed by atoms with Crippen LogP contribution in [0.25, 0.3) is 6.08 Å². The Kier molecular flexibility index (Phi) is 6.64. The summed E-state index contributed by atoms with van der Waals surface area (Å²) in [5.41, 5.74) is 2.13. The molecule has 0 aromatic heterocycles. The van der Waals surface area contributed by atoms with Crippen LogP contribution in [-0.2, 0) is 11.4 Å². The summed E-state index contributed by atoms with van der Waals surface area (Å²) in [6, 6.07) is 11.0. The molecule has 0 aliphatic carbocycles. The first-order valence-electron chi connectivity index (χ1n) is 8.10. The standard InChI is InChI=1S/C19H15ClI2N2O3/c1-2-24-18(25)16(23-19(24)26)9-12-7-14(21)17(15(22)8-12)27-10-11-3-5-13(20)6-4-11/h3-9H,2,10H2,1H3,(H,23,26)/b16-9+. The minimum Gasteiger partial charge on any atom is -0.487 e. The molecule has 1 aliphatic heterocycles. The lowest BCUT2D eigenvalue weighted by molar-refractivity contribution is -0.122. The van der Waals surface area contributed by atoms with Crippen molar-refractivity contribution in [1.29, 1.82) is 0 Å². The number of nitrogens with zero attached hydrogens (tertiary/aromatic N) is 1. The highest BCUT2D eigenvalue weighted by Gasteiger charge is 2.32. The Hall–Kier alpha value is -1.33. The van der Waals surface area contributed by atoms with E-state index in [-0.39, 0.29) is 17.6 Å². The summed E-state index contributed by atoms with van der Waals surface area (Å²) in [5, 5.41) is 3.30. The van der Waals surface area contributed by atoms with Crippen molar-refractivity contribution in [3.63, 3.8) is 0 Å². The van der Waals surface area contributed by atoms with E-state index in [0.717, 1.165) is 24.0 Å². The molecule has 0 saturated carbocycles. The summed E-state index contributed by atoms with van der Waals surface area (Å²) < 4.78 is 7.81. The van der Waals surface area contributed by atoms with E-state index < -0.39 is 0 Å². The SMILES string of the molecule is CCN1C(=O)N/C(=C/c2cc(I)c(OCc3ccc(Cl)cc3)c(I)c2)C1=O. The van der Waals surface area contributed by atoms with Gasteiger partial charge in [0.15, 0.2) is 0 Å². The molecule has 8 heteroatoms. The van der Waals surface area contributed by atoms with Crippen LogP contribution in [0, 0.1) is 7.14 Å². The molecular formula is C19H15ClI2N2O3. The first kappa shape index (κ1) is 20.4. The number of carbonyl (C=O) groups is 2. The molecule has 0 radical (unpaired) electrons. The third kappa shape index (κ3) is 4.75. The molecule has 1 fully saturated rings. The van der Waals surface area contributed by atoms with E-state index in [1.165, 1.54) is 4.90 Å². The van der Waals surface area contributed by atoms with Crippen LogP contribution >= 0.6 is 56.8 Å². The van der Waals surface area contributed by atoms with Gasteiger partial charge in [0.05, 0.1) is 7.14 Å². The minimum atomic E-state index is -0.388. The molecule has 1 heterocycles. The van der Waals surface area contributed by atoms with Gasteiger partial charge in [0.1, 0.15) is 18.1 Å². The molecule has 3 rings (SSSR count). The smallest absolute Gasteiger partial charge is 0.328 e. The van der Waals surface area contributed by atoms with Crippen molar-refractivity contribution in [2.75, 3.05) is 6.54 Å². The number of rotatable bonds is 5. The van der Waals surface area contributed by atoms with Crippen molar-refractivity contribution in [2.24, 2.45) is 0 Å². The highest BCUT2D eigenvalue weighted by molar-refractivity contribution is 14.1. The van der Waals surface area contributed by atoms with E-state index in [2.05, 4.69) is 50.5 Å². The van der Waals surface area contributed by atoms with Gasteiger partial charge in [0.25, 0.3) is 5.91 Å². The number of hydrogen-bond donors (Lipinski definition) is 1. The molecule has 0 unspecified atom stereocenters. The monoisotopic (exact) mass is 608 g/mol. The van der Waals surface area contributed by atoms with Gasteiger partial charge < -0.3 is 10.1 Å². The number of hydrogen-bond acceptors (Lipinski definition) is 3. The Balaban J connectivity index is 1.79. The highest BCUT2D eigenvalue weighted by atomic mass is 127. The summed E-state index contributed by atoms with van der Waals surface area (Å²) in [4.78, 5) is 25.1. The normalized spacial score (nSPS) is 15.4. The van der Waals surface area contributed by atoms with Crippen LogP contribution in [0.4, 0.5) is 4.79 Å². The van der Waals surface area contributed by atoms with E-state index in [4.69, 9.17) is 16.3 Å². The number of halogens is 3. The Labute approximate surface area is 189 Å². The summed E-state index contributed by atoms with van der Waals surface area (Å²) in [6.07, 6.45) is 1.68. The van der Waals surface area contributed by atoms with Gasteiger partial charge in [-0.15, -0.1) is 0 Å². The Bertz CT molecular complexity index is 906. The average molecular weight is 609 g/mol. The zero-order valence-electron chi connectivity index (χ0n) is 14.3. The van der Waals surface area contributed by atoms with Crippen LogP contribution in [-0.4, -0.2) is 23.4 Å². The number of carbonyl (C=O) groups excluding carboxylic acids is 2. The Morgan fingerprint density at radius 2 is 1.78 bits per heavy atom. The fraction of sp³-hybridized carbons (Fsp3) is 0.158. The predicted octanol–water partition coefficient (Wildman–Crippen LogP) is 5.04. The quantitative estimate of drug-likeness (QED) is 0.294. The largest absolute Gasteiger partial charge is 0.487 e. The number of ether oxygens (including phenoxy) is 1. The van der Waals surface area contributed by atoms with E-state index in [0.29, 0.717) is 18.2 Å². The highest BCUT2D eigenvalue weighted by Crippen LogP contribution is 2.31. The number of benzene rings is 2. The van der Waals surface area contributed by atoms with Gasteiger partial charge in [-0.25, -0.2) is 4.79 Å². The van der Waals surface area contributed by atoms with Crippen molar-refractivity contribution in [3.05, 3.63) is 65.4 Å². The Morgan fingerprint density at radius 3 is 2.33 bits per heavy atom. The molecule has 2 aromatic rings. The fourth-order valence-corrected chi connectivity index (χ4v) is 4.82. The van der Waals surface area contributed by atoms with Crippen LogP contribution in [0.15, 0.2) is 42.1 Å². The maximum Gasteiger partial charge on any atom is 0.328 e. The summed E-state index contributed by atoms with van der Waals surface area (Å²) in [5.74, 6) is 0.473. The molecule has 1 N–H and O–H groups in total. The molecule has 5 nitrogen and oxygen atoms in total.